The first-order valence-corrected chi connectivity index (χ1v) is 8.15. The Balaban J connectivity index is 2.14. The van der Waals surface area contributed by atoms with Crippen LogP contribution < -0.4 is 5.32 Å². The normalized spacial score (nSPS) is 10.8. The summed E-state index contributed by atoms with van der Waals surface area (Å²) in [6.45, 7) is 5.15. The molecule has 2 aromatic rings. The van der Waals surface area contributed by atoms with Crippen LogP contribution in [0.2, 0.25) is 0 Å². The molecule has 8 nitrogen and oxygen atoms in total. The van der Waals surface area contributed by atoms with E-state index in [1.807, 2.05) is 6.07 Å². The maximum Gasteiger partial charge on any atom is 0.344 e. The highest BCUT2D eigenvalue weighted by Gasteiger charge is 2.28. The van der Waals surface area contributed by atoms with E-state index in [0.717, 1.165) is 5.76 Å². The number of likely N-dealkylation sites (N-methyl/N-ethyl adjacent to an activating group) is 1. The number of ether oxygens (including phenoxy) is 1. The molecule has 140 valence electrons. The number of hydrogen-bond acceptors (Lipinski definition) is 7. The van der Waals surface area contributed by atoms with Gasteiger partial charge in [0.15, 0.2) is 5.78 Å². The fraction of sp³-hybridized carbons (Fsp3) is 0.389. The number of anilines is 1. The van der Waals surface area contributed by atoms with Gasteiger partial charge in [-0.2, -0.15) is 0 Å². The first kappa shape index (κ1) is 19.5. The Morgan fingerprint density at radius 1 is 1.27 bits per heavy atom. The third-order valence-corrected chi connectivity index (χ3v) is 3.59. The summed E-state index contributed by atoms with van der Waals surface area (Å²) < 4.78 is 15.7. The highest BCUT2D eigenvalue weighted by atomic mass is 16.5. The maximum atomic E-state index is 12.3. The van der Waals surface area contributed by atoms with Crippen molar-refractivity contribution in [3.63, 3.8) is 0 Å². The number of furan rings is 2. The molecule has 0 aliphatic heterocycles. The number of aryl methyl sites for hydroxylation is 1. The molecule has 0 spiro atoms. The first-order valence-electron chi connectivity index (χ1n) is 8.15. The van der Waals surface area contributed by atoms with E-state index in [9.17, 15) is 14.4 Å². The molecule has 0 bridgehead atoms. The van der Waals surface area contributed by atoms with Crippen LogP contribution in [0.3, 0.4) is 0 Å². The van der Waals surface area contributed by atoms with Crippen molar-refractivity contribution in [1.82, 2.24) is 4.90 Å². The molecule has 0 atom stereocenters. The fourth-order valence-corrected chi connectivity index (χ4v) is 2.59. The van der Waals surface area contributed by atoms with E-state index in [-0.39, 0.29) is 41.7 Å². The highest BCUT2D eigenvalue weighted by molar-refractivity contribution is 6.10. The molecule has 0 saturated carbocycles. The zero-order valence-corrected chi connectivity index (χ0v) is 15.3. The molecule has 2 rings (SSSR count). The molecule has 0 saturated heterocycles. The van der Waals surface area contributed by atoms with Gasteiger partial charge in [-0.25, -0.2) is 4.79 Å². The molecule has 0 radical (unpaired) electrons. The third kappa shape index (κ3) is 4.60. The van der Waals surface area contributed by atoms with Gasteiger partial charge < -0.3 is 13.6 Å². The fourth-order valence-electron chi connectivity index (χ4n) is 2.59. The van der Waals surface area contributed by atoms with Gasteiger partial charge in [-0.1, -0.05) is 0 Å². The van der Waals surface area contributed by atoms with Crippen LogP contribution >= 0.6 is 0 Å². The first-order chi connectivity index (χ1) is 12.3. The second kappa shape index (κ2) is 8.48. The summed E-state index contributed by atoms with van der Waals surface area (Å²) in [6.07, 6.45) is 1.56. The highest BCUT2D eigenvalue weighted by Crippen LogP contribution is 2.28. The topological polar surface area (TPSA) is 102 Å². The smallest absolute Gasteiger partial charge is 0.344 e. The minimum absolute atomic E-state index is 0.0398. The van der Waals surface area contributed by atoms with Gasteiger partial charge in [0.2, 0.25) is 11.8 Å². The molecule has 26 heavy (non-hydrogen) atoms. The minimum atomic E-state index is -0.714. The van der Waals surface area contributed by atoms with E-state index in [4.69, 9.17) is 13.6 Å². The van der Waals surface area contributed by atoms with Crippen LogP contribution in [0, 0.1) is 6.92 Å². The molecule has 0 unspecified atom stereocenters. The van der Waals surface area contributed by atoms with Crippen molar-refractivity contribution in [2.24, 2.45) is 0 Å². The number of esters is 1. The predicted octanol–water partition coefficient (Wildman–Crippen LogP) is 2.63. The number of nitrogens with zero attached hydrogens (tertiary/aromatic N) is 1. The number of carbonyl (C=O) groups is 3. The van der Waals surface area contributed by atoms with Crippen LogP contribution in [0.15, 0.2) is 27.2 Å². The summed E-state index contributed by atoms with van der Waals surface area (Å²) in [6, 6.07) is 3.58. The van der Waals surface area contributed by atoms with Crippen molar-refractivity contribution in [3.8, 4) is 0 Å². The number of ketones is 1. The minimum Gasteiger partial charge on any atom is -0.468 e. The van der Waals surface area contributed by atoms with Gasteiger partial charge in [0.1, 0.15) is 17.1 Å². The number of carbonyl (C=O) groups excluding carboxylic acids is 3. The number of Topliss-reactive ketones (excluding diaryl/α,β-unsaturated/α-hetero) is 1. The average molecular weight is 362 g/mol. The summed E-state index contributed by atoms with van der Waals surface area (Å²) in [5, 5.41) is 2.55. The molecule has 2 heterocycles. The Morgan fingerprint density at radius 3 is 2.58 bits per heavy atom. The van der Waals surface area contributed by atoms with Gasteiger partial charge in [-0.05, 0) is 40.0 Å². The van der Waals surface area contributed by atoms with Crippen LogP contribution in [0.1, 0.15) is 46.1 Å². The quantitative estimate of drug-likeness (QED) is 0.569. The molecular weight excluding hydrogens is 340 g/mol. The molecule has 0 aliphatic rings. The number of hydrogen-bond donors (Lipinski definition) is 1. The van der Waals surface area contributed by atoms with Crippen molar-refractivity contribution in [2.75, 3.05) is 25.5 Å². The van der Waals surface area contributed by atoms with Gasteiger partial charge in [0, 0.05) is 0 Å². The van der Waals surface area contributed by atoms with E-state index < -0.39 is 11.9 Å². The Morgan fingerprint density at radius 2 is 2.00 bits per heavy atom. The van der Waals surface area contributed by atoms with Crippen molar-refractivity contribution < 1.29 is 28.0 Å². The van der Waals surface area contributed by atoms with E-state index in [1.54, 1.807) is 38.1 Å². The van der Waals surface area contributed by atoms with Gasteiger partial charge in [-0.15, -0.1) is 0 Å². The molecule has 2 aromatic heterocycles. The van der Waals surface area contributed by atoms with Gasteiger partial charge in [0.05, 0.1) is 31.5 Å². The third-order valence-electron chi connectivity index (χ3n) is 3.59. The van der Waals surface area contributed by atoms with E-state index in [2.05, 4.69) is 5.32 Å². The molecule has 0 fully saturated rings. The molecule has 1 N–H and O–H groups in total. The SMILES string of the molecule is CCOC(=O)c1c(NC(=O)CN(C)Cc2ccco2)oc(C)c1C(C)=O. The van der Waals surface area contributed by atoms with Crippen molar-refractivity contribution in [2.45, 2.75) is 27.3 Å². The maximum absolute atomic E-state index is 12.3. The predicted molar refractivity (Wildman–Crippen MR) is 93.1 cm³/mol. The van der Waals surface area contributed by atoms with Gasteiger partial charge >= 0.3 is 5.97 Å². The molecule has 1 amide bonds. The summed E-state index contributed by atoms with van der Waals surface area (Å²) in [7, 11) is 1.75. The Hall–Kier alpha value is -2.87. The Bertz CT molecular complexity index is 791. The molecule has 0 aromatic carbocycles. The largest absolute Gasteiger partial charge is 0.468 e. The summed E-state index contributed by atoms with van der Waals surface area (Å²) in [5.74, 6) is -0.561. The molecule has 0 aliphatic carbocycles. The summed E-state index contributed by atoms with van der Waals surface area (Å²) in [5.41, 5.74) is 0.0570. The Kier molecular flexibility index (Phi) is 6.35. The monoisotopic (exact) mass is 362 g/mol. The Labute approximate surface area is 151 Å². The van der Waals surface area contributed by atoms with Gasteiger partial charge in [-0.3, -0.25) is 19.8 Å². The molecular formula is C18H22N2O6. The zero-order valence-electron chi connectivity index (χ0n) is 15.3. The van der Waals surface area contributed by atoms with Crippen LogP contribution in [-0.2, 0) is 16.1 Å². The number of rotatable bonds is 8. The van der Waals surface area contributed by atoms with Crippen molar-refractivity contribution in [3.05, 3.63) is 41.0 Å². The lowest BCUT2D eigenvalue weighted by atomic mass is 10.1. The average Bonchev–Trinajstić information content (AvgIpc) is 3.14. The van der Waals surface area contributed by atoms with E-state index in [0.29, 0.717) is 6.54 Å². The van der Waals surface area contributed by atoms with Crippen LogP contribution in [0.4, 0.5) is 5.88 Å². The van der Waals surface area contributed by atoms with Crippen LogP contribution in [-0.4, -0.2) is 42.8 Å². The molecule has 8 heteroatoms. The number of amides is 1. The lowest BCUT2D eigenvalue weighted by Crippen LogP contribution is -2.30. The van der Waals surface area contributed by atoms with Crippen LogP contribution in [0.25, 0.3) is 0 Å². The van der Waals surface area contributed by atoms with E-state index >= 15 is 0 Å². The number of nitrogens with one attached hydrogen (secondary N) is 1. The second-order valence-electron chi connectivity index (χ2n) is 5.81. The summed E-state index contributed by atoms with van der Waals surface area (Å²) in [4.78, 5) is 38.1. The summed E-state index contributed by atoms with van der Waals surface area (Å²) >= 11 is 0. The van der Waals surface area contributed by atoms with Crippen molar-refractivity contribution in [1.29, 1.82) is 0 Å². The van der Waals surface area contributed by atoms with E-state index in [1.165, 1.54) is 6.92 Å². The second-order valence-corrected chi connectivity index (χ2v) is 5.81. The van der Waals surface area contributed by atoms with Gasteiger partial charge in [0.25, 0.3) is 0 Å². The zero-order chi connectivity index (χ0) is 19.3. The standard InChI is InChI=1S/C18H22N2O6/c1-5-24-18(23)16-15(11(2)21)12(3)26-17(16)19-14(22)10-20(4)9-13-7-6-8-25-13/h6-8H,5,9-10H2,1-4H3,(H,19,22). The lowest BCUT2D eigenvalue weighted by molar-refractivity contribution is -0.117. The van der Waals surface area contributed by atoms with Crippen LogP contribution in [0.5, 0.6) is 0 Å². The lowest BCUT2D eigenvalue weighted by Gasteiger charge is -2.14. The van der Waals surface area contributed by atoms with Crippen molar-refractivity contribution >= 4 is 23.5 Å².